The van der Waals surface area contributed by atoms with E-state index in [0.29, 0.717) is 31.9 Å². The molecule has 1 unspecified atom stereocenters. The Labute approximate surface area is 292 Å². The van der Waals surface area contributed by atoms with Gasteiger partial charge in [-0.1, -0.05) is 35.6 Å². The van der Waals surface area contributed by atoms with E-state index in [-0.39, 0.29) is 28.7 Å². The van der Waals surface area contributed by atoms with E-state index < -0.39 is 18.0 Å². The minimum absolute atomic E-state index is 0.0264. The van der Waals surface area contributed by atoms with Crippen molar-refractivity contribution in [2.75, 3.05) is 14.2 Å². The Hall–Kier alpha value is -5.75. The van der Waals surface area contributed by atoms with Crippen LogP contribution in [0.2, 0.25) is 0 Å². The van der Waals surface area contributed by atoms with Crippen molar-refractivity contribution < 1.29 is 28.5 Å². The maximum Gasteiger partial charge on any atom is 0.338 e. The molecule has 256 valence electrons. The molecule has 12 heteroatoms. The second-order valence-corrected chi connectivity index (χ2v) is 12.9. The van der Waals surface area contributed by atoms with Gasteiger partial charge in [0.1, 0.15) is 11.4 Å². The molecule has 3 heterocycles. The van der Waals surface area contributed by atoms with Gasteiger partial charge >= 0.3 is 11.9 Å². The molecule has 0 radical (unpaired) electrons. The summed E-state index contributed by atoms with van der Waals surface area (Å²) in [6, 6.07) is 19.6. The molecule has 1 atom stereocenters. The van der Waals surface area contributed by atoms with Crippen LogP contribution in [0.1, 0.15) is 50.4 Å². The van der Waals surface area contributed by atoms with Crippen LogP contribution in [0.5, 0.6) is 17.2 Å². The molecule has 6 rings (SSSR count). The van der Waals surface area contributed by atoms with E-state index in [1.807, 2.05) is 75.5 Å². The molecule has 3 aromatic carbocycles. The van der Waals surface area contributed by atoms with E-state index in [2.05, 4.69) is 4.99 Å². The van der Waals surface area contributed by atoms with Crippen LogP contribution in [-0.2, 0) is 14.3 Å². The number of esters is 2. The zero-order chi connectivity index (χ0) is 35.7. The monoisotopic (exact) mass is 692 g/mol. The molecular formula is C38H36N4O7S. The molecule has 0 saturated heterocycles. The summed E-state index contributed by atoms with van der Waals surface area (Å²) in [5.74, 6) is 0.117. The second-order valence-electron chi connectivity index (χ2n) is 11.9. The summed E-state index contributed by atoms with van der Waals surface area (Å²) in [7, 11) is 2.73. The largest absolute Gasteiger partial charge is 0.493 e. The van der Waals surface area contributed by atoms with E-state index in [1.165, 1.54) is 37.0 Å². The number of allylic oxidation sites excluding steroid dienone is 1. The summed E-state index contributed by atoms with van der Waals surface area (Å²) < 4.78 is 25.6. The zero-order valence-electron chi connectivity index (χ0n) is 28.7. The number of aromatic nitrogens is 3. The number of para-hydroxylation sites is 1. The molecule has 0 N–H and O–H groups in total. The van der Waals surface area contributed by atoms with Crippen LogP contribution in [0.25, 0.3) is 23.0 Å². The van der Waals surface area contributed by atoms with Crippen LogP contribution in [0.15, 0.2) is 94.0 Å². The maximum absolute atomic E-state index is 14.4. The molecule has 0 aliphatic carbocycles. The van der Waals surface area contributed by atoms with Gasteiger partial charge in [-0.25, -0.2) is 14.5 Å². The number of hydrogen-bond acceptors (Lipinski definition) is 10. The molecule has 0 spiro atoms. The smallest absolute Gasteiger partial charge is 0.338 e. The van der Waals surface area contributed by atoms with Crippen LogP contribution in [0, 0.1) is 6.92 Å². The third-order valence-electron chi connectivity index (χ3n) is 8.05. The SMILES string of the molecule is COC(=O)C1=C(C)N=c2s/c(=C\c3cn(-c4ccccc4)nc3-c3ccc(OC(C)C)c(C)c3)c(=O)n2C1c1ccc(OC(C)=O)c(OC)c1. The van der Waals surface area contributed by atoms with Gasteiger partial charge in [-0.15, -0.1) is 0 Å². The van der Waals surface area contributed by atoms with Gasteiger partial charge in [0, 0.05) is 24.2 Å². The lowest BCUT2D eigenvalue weighted by molar-refractivity contribution is -0.136. The fourth-order valence-corrected chi connectivity index (χ4v) is 6.89. The molecule has 0 amide bonds. The number of aryl methyl sites for hydroxylation is 1. The Kier molecular flexibility index (Phi) is 9.56. The molecule has 5 aromatic rings. The summed E-state index contributed by atoms with van der Waals surface area (Å²) in [5, 5.41) is 4.96. The number of thiazole rings is 1. The fraction of sp³-hybridized carbons (Fsp3) is 0.237. The van der Waals surface area contributed by atoms with Crippen molar-refractivity contribution >= 4 is 29.4 Å². The molecule has 50 heavy (non-hydrogen) atoms. The minimum Gasteiger partial charge on any atom is -0.493 e. The topological polar surface area (TPSA) is 123 Å². The Balaban J connectivity index is 1.55. The van der Waals surface area contributed by atoms with Gasteiger partial charge in [-0.2, -0.15) is 5.10 Å². The lowest BCUT2D eigenvalue weighted by atomic mass is 9.95. The number of rotatable bonds is 9. The first-order valence-electron chi connectivity index (χ1n) is 15.9. The van der Waals surface area contributed by atoms with Gasteiger partial charge in [-0.3, -0.25) is 14.2 Å². The van der Waals surface area contributed by atoms with E-state index in [1.54, 1.807) is 35.9 Å². The van der Waals surface area contributed by atoms with Crippen molar-refractivity contribution in [2.45, 2.75) is 46.8 Å². The standard InChI is InChI=1S/C38H36N4O7S/c1-21(2)48-29-15-13-25(17-22(29)3)34-27(20-41(40-34)28-11-9-8-10-12-28)19-32-36(44)42-35(33(37(45)47-7)23(4)39-38(42)50-32)26-14-16-30(49-24(5)43)31(18-26)46-6/h8-21,35H,1-7H3/b32-19-. The lowest BCUT2D eigenvalue weighted by Gasteiger charge is -2.25. The first kappa shape index (κ1) is 34.1. The summed E-state index contributed by atoms with van der Waals surface area (Å²) in [6.07, 6.45) is 3.72. The van der Waals surface area contributed by atoms with E-state index in [9.17, 15) is 14.4 Å². The molecule has 0 bridgehead atoms. The number of carbonyl (C=O) groups excluding carboxylic acids is 2. The minimum atomic E-state index is -0.899. The summed E-state index contributed by atoms with van der Waals surface area (Å²) in [5.41, 5.74) is 4.85. The lowest BCUT2D eigenvalue weighted by Crippen LogP contribution is -2.39. The Morgan fingerprint density at radius 1 is 0.960 bits per heavy atom. The van der Waals surface area contributed by atoms with Gasteiger partial charge in [0.2, 0.25) is 0 Å². The summed E-state index contributed by atoms with van der Waals surface area (Å²) in [6.45, 7) is 8.95. The molecular weight excluding hydrogens is 657 g/mol. The average Bonchev–Trinajstić information content (AvgIpc) is 3.65. The fourth-order valence-electron chi connectivity index (χ4n) is 5.86. The van der Waals surface area contributed by atoms with Gasteiger partial charge in [0.15, 0.2) is 16.3 Å². The molecule has 0 saturated carbocycles. The molecule has 0 fully saturated rings. The number of fused-ring (bicyclic) bond motifs is 1. The number of carbonyl (C=O) groups is 2. The third kappa shape index (κ3) is 6.61. The maximum atomic E-state index is 14.4. The second kappa shape index (κ2) is 14.0. The predicted molar refractivity (Wildman–Crippen MR) is 190 cm³/mol. The Bertz CT molecular complexity index is 2330. The quantitative estimate of drug-likeness (QED) is 0.151. The van der Waals surface area contributed by atoms with Crippen molar-refractivity contribution in [1.29, 1.82) is 0 Å². The summed E-state index contributed by atoms with van der Waals surface area (Å²) >= 11 is 1.21. The highest BCUT2D eigenvalue weighted by molar-refractivity contribution is 7.07. The van der Waals surface area contributed by atoms with E-state index >= 15 is 0 Å². The van der Waals surface area contributed by atoms with Crippen molar-refractivity contribution in [1.82, 2.24) is 14.3 Å². The number of hydrogen-bond donors (Lipinski definition) is 0. The van der Waals surface area contributed by atoms with Crippen LogP contribution in [0.3, 0.4) is 0 Å². The van der Waals surface area contributed by atoms with Crippen LogP contribution >= 0.6 is 11.3 Å². The molecule has 11 nitrogen and oxygen atoms in total. The average molecular weight is 693 g/mol. The number of benzene rings is 3. The zero-order valence-corrected chi connectivity index (χ0v) is 29.5. The van der Waals surface area contributed by atoms with Crippen molar-refractivity contribution in [3.8, 4) is 34.2 Å². The van der Waals surface area contributed by atoms with Crippen LogP contribution in [0.4, 0.5) is 0 Å². The number of methoxy groups -OCH3 is 2. The van der Waals surface area contributed by atoms with Gasteiger partial charge in [-0.05, 0) is 87.4 Å². The first-order valence-corrected chi connectivity index (χ1v) is 16.7. The van der Waals surface area contributed by atoms with Crippen LogP contribution in [-0.4, -0.2) is 46.6 Å². The Morgan fingerprint density at radius 3 is 2.36 bits per heavy atom. The predicted octanol–water partition coefficient (Wildman–Crippen LogP) is 5.29. The van der Waals surface area contributed by atoms with Crippen LogP contribution < -0.4 is 29.1 Å². The third-order valence-corrected chi connectivity index (χ3v) is 9.03. The van der Waals surface area contributed by atoms with Gasteiger partial charge < -0.3 is 18.9 Å². The Morgan fingerprint density at radius 2 is 1.70 bits per heavy atom. The highest BCUT2D eigenvalue weighted by Crippen LogP contribution is 2.36. The molecule has 1 aliphatic heterocycles. The molecule has 2 aromatic heterocycles. The normalized spacial score (nSPS) is 14.3. The van der Waals surface area contributed by atoms with E-state index in [0.717, 1.165) is 22.6 Å². The van der Waals surface area contributed by atoms with Crippen molar-refractivity contribution in [3.05, 3.63) is 121 Å². The highest BCUT2D eigenvalue weighted by Gasteiger charge is 2.34. The molecule has 1 aliphatic rings. The van der Waals surface area contributed by atoms with Gasteiger partial charge in [0.25, 0.3) is 5.56 Å². The van der Waals surface area contributed by atoms with Crippen molar-refractivity contribution in [2.24, 2.45) is 4.99 Å². The number of nitrogens with zero attached hydrogens (tertiary/aromatic N) is 4. The first-order chi connectivity index (χ1) is 24.0. The highest BCUT2D eigenvalue weighted by atomic mass is 32.1. The van der Waals surface area contributed by atoms with E-state index in [4.69, 9.17) is 24.0 Å². The van der Waals surface area contributed by atoms with Crippen molar-refractivity contribution in [3.63, 3.8) is 0 Å². The number of ether oxygens (including phenoxy) is 4. The summed E-state index contributed by atoms with van der Waals surface area (Å²) in [4.78, 5) is 44.4. The van der Waals surface area contributed by atoms with Gasteiger partial charge in [0.05, 0.1) is 47.9 Å².